The minimum absolute atomic E-state index is 0.0163. The standard InChI is InChI=1S/C15H10ClN3O4/c16-10-3-6-13-12(7-10)14(17-21)15(20)18(13)8-9-1-4-11(5-2-9)19(22)23/h1-7,20H,8H2. The van der Waals surface area contributed by atoms with Gasteiger partial charge < -0.3 is 9.67 Å². The molecule has 0 spiro atoms. The number of aromatic nitrogens is 1. The van der Waals surface area contributed by atoms with Crippen molar-refractivity contribution in [1.82, 2.24) is 4.57 Å². The molecule has 2 aromatic carbocycles. The maximum Gasteiger partial charge on any atom is 0.269 e. The van der Waals surface area contributed by atoms with E-state index in [0.717, 1.165) is 5.56 Å². The van der Waals surface area contributed by atoms with Crippen LogP contribution in [0, 0.1) is 15.0 Å². The summed E-state index contributed by atoms with van der Waals surface area (Å²) in [4.78, 5) is 21.2. The molecular formula is C15H10ClN3O4. The average Bonchev–Trinajstić information content (AvgIpc) is 2.79. The van der Waals surface area contributed by atoms with Crippen LogP contribution in [0.15, 0.2) is 47.6 Å². The second-order valence-electron chi connectivity index (χ2n) is 4.93. The molecule has 0 bridgehead atoms. The summed E-state index contributed by atoms with van der Waals surface area (Å²) < 4.78 is 1.50. The quantitative estimate of drug-likeness (QED) is 0.436. The first-order chi connectivity index (χ1) is 11.0. The van der Waals surface area contributed by atoms with Gasteiger partial charge in [0.2, 0.25) is 5.88 Å². The molecule has 0 saturated heterocycles. The SMILES string of the molecule is O=Nc1c(O)n(Cc2ccc([N+](=O)[O-])cc2)c2ccc(Cl)cc12. The molecule has 1 aromatic heterocycles. The van der Waals surface area contributed by atoms with Gasteiger partial charge in [-0.3, -0.25) is 10.1 Å². The molecule has 3 aromatic rings. The van der Waals surface area contributed by atoms with Crippen LogP contribution in [0.5, 0.6) is 5.88 Å². The van der Waals surface area contributed by atoms with Crippen LogP contribution in [0.1, 0.15) is 5.56 Å². The lowest BCUT2D eigenvalue weighted by Crippen LogP contribution is -1.99. The number of aromatic hydroxyl groups is 1. The third-order valence-corrected chi connectivity index (χ3v) is 3.79. The van der Waals surface area contributed by atoms with Crippen LogP contribution in [0.3, 0.4) is 0 Å². The van der Waals surface area contributed by atoms with E-state index in [4.69, 9.17) is 11.6 Å². The van der Waals surface area contributed by atoms with Gasteiger partial charge in [0.1, 0.15) is 0 Å². The molecular weight excluding hydrogens is 322 g/mol. The molecule has 0 aliphatic heterocycles. The highest BCUT2D eigenvalue weighted by Crippen LogP contribution is 2.40. The van der Waals surface area contributed by atoms with Crippen molar-refractivity contribution in [3.05, 3.63) is 68.1 Å². The molecule has 116 valence electrons. The highest BCUT2D eigenvalue weighted by Gasteiger charge is 2.18. The molecule has 3 rings (SSSR count). The fourth-order valence-electron chi connectivity index (χ4n) is 2.45. The second kappa shape index (κ2) is 5.69. The summed E-state index contributed by atoms with van der Waals surface area (Å²) in [7, 11) is 0. The summed E-state index contributed by atoms with van der Waals surface area (Å²) in [6.45, 7) is 0.234. The smallest absolute Gasteiger partial charge is 0.269 e. The predicted octanol–water partition coefficient (Wildman–Crippen LogP) is 4.35. The van der Waals surface area contributed by atoms with Crippen LogP contribution < -0.4 is 0 Å². The Morgan fingerprint density at radius 2 is 1.91 bits per heavy atom. The molecule has 0 atom stereocenters. The monoisotopic (exact) mass is 331 g/mol. The molecule has 0 aliphatic rings. The summed E-state index contributed by atoms with van der Waals surface area (Å²) in [5.41, 5.74) is 1.23. The minimum Gasteiger partial charge on any atom is -0.493 e. The van der Waals surface area contributed by atoms with Crippen molar-refractivity contribution < 1.29 is 10.0 Å². The van der Waals surface area contributed by atoms with E-state index in [1.165, 1.54) is 16.7 Å². The van der Waals surface area contributed by atoms with Crippen molar-refractivity contribution >= 4 is 33.9 Å². The van der Waals surface area contributed by atoms with E-state index in [2.05, 4.69) is 5.18 Å². The zero-order valence-electron chi connectivity index (χ0n) is 11.6. The Morgan fingerprint density at radius 1 is 1.22 bits per heavy atom. The molecule has 0 amide bonds. The Hall–Kier alpha value is -2.93. The van der Waals surface area contributed by atoms with Crippen LogP contribution in [-0.4, -0.2) is 14.6 Å². The van der Waals surface area contributed by atoms with Gasteiger partial charge in [-0.25, -0.2) is 0 Å². The summed E-state index contributed by atoms with van der Waals surface area (Å²) in [5.74, 6) is -0.268. The van der Waals surface area contributed by atoms with Crippen LogP contribution in [0.4, 0.5) is 11.4 Å². The van der Waals surface area contributed by atoms with Crippen molar-refractivity contribution in [2.45, 2.75) is 6.54 Å². The number of nitroso groups, excluding NO2 is 1. The van der Waals surface area contributed by atoms with Gasteiger partial charge >= 0.3 is 0 Å². The van der Waals surface area contributed by atoms with Crippen molar-refractivity contribution in [3.63, 3.8) is 0 Å². The third-order valence-electron chi connectivity index (χ3n) is 3.55. The number of hydrogen-bond donors (Lipinski definition) is 1. The Balaban J connectivity index is 2.07. The van der Waals surface area contributed by atoms with Gasteiger partial charge in [0.15, 0.2) is 5.69 Å². The molecule has 7 nitrogen and oxygen atoms in total. The van der Waals surface area contributed by atoms with E-state index < -0.39 is 4.92 Å². The number of benzene rings is 2. The number of rotatable bonds is 4. The lowest BCUT2D eigenvalue weighted by atomic mass is 10.2. The first-order valence-electron chi connectivity index (χ1n) is 6.58. The largest absolute Gasteiger partial charge is 0.493 e. The Bertz CT molecular complexity index is 919. The zero-order valence-corrected chi connectivity index (χ0v) is 12.4. The van der Waals surface area contributed by atoms with Gasteiger partial charge in [-0.15, -0.1) is 4.91 Å². The molecule has 23 heavy (non-hydrogen) atoms. The lowest BCUT2D eigenvalue weighted by molar-refractivity contribution is -0.384. The van der Waals surface area contributed by atoms with Gasteiger partial charge in [-0.05, 0) is 28.9 Å². The topological polar surface area (TPSA) is 97.7 Å². The average molecular weight is 332 g/mol. The maximum absolute atomic E-state index is 11.0. The normalized spacial score (nSPS) is 10.8. The number of halogens is 1. The van der Waals surface area contributed by atoms with E-state index >= 15 is 0 Å². The summed E-state index contributed by atoms with van der Waals surface area (Å²) >= 11 is 5.92. The van der Waals surface area contributed by atoms with Gasteiger partial charge in [0.05, 0.1) is 17.0 Å². The van der Waals surface area contributed by atoms with E-state index in [1.54, 1.807) is 30.3 Å². The molecule has 0 radical (unpaired) electrons. The number of hydrogen-bond acceptors (Lipinski definition) is 5. The van der Waals surface area contributed by atoms with Gasteiger partial charge in [-0.1, -0.05) is 23.7 Å². The first-order valence-corrected chi connectivity index (χ1v) is 6.96. The molecule has 1 N–H and O–H groups in total. The van der Waals surface area contributed by atoms with Crippen molar-refractivity contribution in [2.24, 2.45) is 5.18 Å². The van der Waals surface area contributed by atoms with Crippen LogP contribution in [-0.2, 0) is 6.54 Å². The Labute approximate surface area is 134 Å². The van der Waals surface area contributed by atoms with E-state index in [9.17, 15) is 20.1 Å². The molecule has 0 saturated carbocycles. The van der Waals surface area contributed by atoms with Crippen molar-refractivity contribution in [3.8, 4) is 5.88 Å². The van der Waals surface area contributed by atoms with Crippen LogP contribution in [0.2, 0.25) is 5.02 Å². The highest BCUT2D eigenvalue weighted by molar-refractivity contribution is 6.31. The van der Waals surface area contributed by atoms with Gasteiger partial charge in [0, 0.05) is 22.5 Å². The minimum atomic E-state index is -0.483. The summed E-state index contributed by atoms with van der Waals surface area (Å²) in [6.07, 6.45) is 0. The Morgan fingerprint density at radius 3 is 2.52 bits per heavy atom. The van der Waals surface area contributed by atoms with Gasteiger partial charge in [-0.2, -0.15) is 0 Å². The van der Waals surface area contributed by atoms with E-state index in [1.807, 2.05) is 0 Å². The number of fused-ring (bicyclic) bond motifs is 1. The van der Waals surface area contributed by atoms with Crippen molar-refractivity contribution in [2.75, 3.05) is 0 Å². The third kappa shape index (κ3) is 2.62. The molecule has 0 unspecified atom stereocenters. The van der Waals surface area contributed by atoms with Crippen LogP contribution in [0.25, 0.3) is 10.9 Å². The zero-order chi connectivity index (χ0) is 16.6. The molecule has 0 fully saturated rings. The Kier molecular flexibility index (Phi) is 3.71. The number of nitrogens with zero attached hydrogens (tertiary/aromatic N) is 3. The van der Waals surface area contributed by atoms with E-state index in [0.29, 0.717) is 15.9 Å². The van der Waals surface area contributed by atoms with E-state index in [-0.39, 0.29) is 23.8 Å². The van der Waals surface area contributed by atoms with Crippen LogP contribution >= 0.6 is 11.6 Å². The second-order valence-corrected chi connectivity index (χ2v) is 5.37. The van der Waals surface area contributed by atoms with Crippen molar-refractivity contribution in [1.29, 1.82) is 0 Å². The summed E-state index contributed by atoms with van der Waals surface area (Å²) in [6, 6.07) is 10.8. The molecule has 8 heteroatoms. The highest BCUT2D eigenvalue weighted by atomic mass is 35.5. The molecule has 0 aliphatic carbocycles. The molecule has 1 heterocycles. The predicted molar refractivity (Wildman–Crippen MR) is 86.3 cm³/mol. The lowest BCUT2D eigenvalue weighted by Gasteiger charge is -2.07. The summed E-state index contributed by atoms with van der Waals surface area (Å²) in [5, 5.41) is 24.6. The fourth-order valence-corrected chi connectivity index (χ4v) is 2.62. The first kappa shape index (κ1) is 15.0. The van der Waals surface area contributed by atoms with Gasteiger partial charge in [0.25, 0.3) is 5.69 Å². The number of non-ortho nitro benzene ring substituents is 1. The maximum atomic E-state index is 11.0. The fraction of sp³-hybridized carbons (Fsp3) is 0.0667. The number of nitro groups is 1. The number of nitro benzene ring substituents is 1.